The largest absolute Gasteiger partial charge is 0.342 e. The molecule has 158 valence electrons. The second-order valence-corrected chi connectivity index (χ2v) is 9.65. The highest BCUT2D eigenvalue weighted by Crippen LogP contribution is 2.42. The van der Waals surface area contributed by atoms with Crippen LogP contribution in [0.3, 0.4) is 0 Å². The summed E-state index contributed by atoms with van der Waals surface area (Å²) in [6.07, 6.45) is 5.86. The molecule has 2 amide bonds. The molecular formula is C24H33FN2O2. The van der Waals surface area contributed by atoms with Crippen LogP contribution in [0, 0.1) is 23.6 Å². The first kappa shape index (κ1) is 20.4. The molecule has 4 atom stereocenters. The van der Waals surface area contributed by atoms with Crippen LogP contribution >= 0.6 is 0 Å². The Morgan fingerprint density at radius 3 is 2.79 bits per heavy atom. The van der Waals surface area contributed by atoms with Crippen LogP contribution in [0.15, 0.2) is 24.3 Å². The van der Waals surface area contributed by atoms with E-state index in [0.717, 1.165) is 44.3 Å². The van der Waals surface area contributed by atoms with Gasteiger partial charge in [0.15, 0.2) is 0 Å². The molecule has 3 aliphatic heterocycles. The minimum Gasteiger partial charge on any atom is -0.342 e. The third-order valence-electron chi connectivity index (χ3n) is 7.12. The van der Waals surface area contributed by atoms with E-state index in [0.29, 0.717) is 31.1 Å². The van der Waals surface area contributed by atoms with Gasteiger partial charge < -0.3 is 9.80 Å². The lowest BCUT2D eigenvalue weighted by Crippen LogP contribution is -2.66. The summed E-state index contributed by atoms with van der Waals surface area (Å²) in [4.78, 5) is 30.0. The van der Waals surface area contributed by atoms with Gasteiger partial charge >= 0.3 is 0 Å². The smallest absolute Gasteiger partial charge is 0.223 e. The van der Waals surface area contributed by atoms with Crippen LogP contribution in [0.2, 0.25) is 0 Å². The normalized spacial score (nSPS) is 29.2. The van der Waals surface area contributed by atoms with Gasteiger partial charge in [0.05, 0.1) is 0 Å². The van der Waals surface area contributed by atoms with E-state index in [1.54, 1.807) is 12.1 Å². The number of nitrogens with zero attached hydrogens (tertiary/aromatic N) is 2. The summed E-state index contributed by atoms with van der Waals surface area (Å²) >= 11 is 0. The number of carbonyl (C=O) groups is 2. The number of benzene rings is 1. The van der Waals surface area contributed by atoms with Gasteiger partial charge in [-0.2, -0.15) is 0 Å². The van der Waals surface area contributed by atoms with E-state index >= 15 is 0 Å². The molecule has 1 aromatic carbocycles. The molecule has 29 heavy (non-hydrogen) atoms. The Morgan fingerprint density at radius 2 is 2.03 bits per heavy atom. The number of piperidine rings is 3. The summed E-state index contributed by atoms with van der Waals surface area (Å²) in [6.45, 7) is 5.82. The number of rotatable bonds is 5. The summed E-state index contributed by atoms with van der Waals surface area (Å²) in [7, 11) is 0. The van der Waals surface area contributed by atoms with Crippen molar-refractivity contribution in [3.8, 4) is 0 Å². The zero-order valence-corrected chi connectivity index (χ0v) is 17.6. The Balaban J connectivity index is 1.57. The molecule has 4 rings (SSSR count). The predicted molar refractivity (Wildman–Crippen MR) is 111 cm³/mol. The summed E-state index contributed by atoms with van der Waals surface area (Å²) in [5.41, 5.74) is 0.939. The van der Waals surface area contributed by atoms with E-state index in [9.17, 15) is 14.0 Å². The summed E-state index contributed by atoms with van der Waals surface area (Å²) in [5, 5.41) is 0. The average molecular weight is 401 g/mol. The maximum Gasteiger partial charge on any atom is 0.223 e. The van der Waals surface area contributed by atoms with Crippen LogP contribution in [-0.4, -0.2) is 46.8 Å². The van der Waals surface area contributed by atoms with Gasteiger partial charge in [-0.05, 0) is 67.6 Å². The molecule has 0 N–H and O–H groups in total. The first-order valence-electron chi connectivity index (χ1n) is 11.3. The monoisotopic (exact) mass is 400 g/mol. The molecule has 5 heteroatoms. The fraction of sp³-hybridized carbons (Fsp3) is 0.667. The molecular weight excluding hydrogens is 367 g/mol. The fourth-order valence-corrected chi connectivity index (χ4v) is 5.72. The molecule has 4 nitrogen and oxygen atoms in total. The highest BCUT2D eigenvalue weighted by Gasteiger charge is 2.49. The van der Waals surface area contributed by atoms with Gasteiger partial charge in [-0.25, -0.2) is 4.39 Å². The molecule has 0 aromatic heterocycles. The van der Waals surface area contributed by atoms with E-state index in [1.165, 1.54) is 6.07 Å². The van der Waals surface area contributed by atoms with Crippen molar-refractivity contribution < 1.29 is 14.0 Å². The second-order valence-electron chi connectivity index (χ2n) is 9.65. The van der Waals surface area contributed by atoms with Gasteiger partial charge in [-0.1, -0.05) is 26.0 Å². The second kappa shape index (κ2) is 8.45. The number of fused-ring (bicyclic) bond motifs is 4. The zero-order chi connectivity index (χ0) is 20.5. The third kappa shape index (κ3) is 4.34. The van der Waals surface area contributed by atoms with Crippen LogP contribution < -0.4 is 0 Å². The highest BCUT2D eigenvalue weighted by atomic mass is 19.1. The highest BCUT2D eigenvalue weighted by molar-refractivity contribution is 5.79. The number of carbonyl (C=O) groups excluding carboxylic acids is 2. The maximum atomic E-state index is 13.8. The SMILES string of the molecule is CC(C)CCC(=O)N1C[C@H]2C[C@@H](C1)[C@H](Cc1cccc(F)c1)N1C(=O)CCC[C@@H]21. The molecule has 0 spiro atoms. The van der Waals surface area contributed by atoms with Crippen molar-refractivity contribution in [3.05, 3.63) is 35.6 Å². The van der Waals surface area contributed by atoms with Crippen molar-refractivity contribution >= 4 is 11.8 Å². The predicted octanol–water partition coefficient (Wildman–Crippen LogP) is 4.03. The van der Waals surface area contributed by atoms with Crippen LogP contribution in [0.1, 0.15) is 57.9 Å². The molecule has 3 aliphatic rings. The average Bonchev–Trinajstić information content (AvgIpc) is 2.69. The van der Waals surface area contributed by atoms with Crippen molar-refractivity contribution in [2.24, 2.45) is 17.8 Å². The summed E-state index contributed by atoms with van der Waals surface area (Å²) in [6, 6.07) is 7.04. The molecule has 3 saturated heterocycles. The molecule has 1 aromatic rings. The minimum absolute atomic E-state index is 0.0616. The maximum absolute atomic E-state index is 13.8. The van der Waals surface area contributed by atoms with Gasteiger partial charge in [-0.15, -0.1) is 0 Å². The number of halogens is 1. The summed E-state index contributed by atoms with van der Waals surface area (Å²) < 4.78 is 13.8. The molecule has 0 aliphatic carbocycles. The molecule has 2 bridgehead atoms. The Bertz CT molecular complexity index is 765. The quantitative estimate of drug-likeness (QED) is 0.749. The Morgan fingerprint density at radius 1 is 1.24 bits per heavy atom. The van der Waals surface area contributed by atoms with Crippen LogP contribution in [-0.2, 0) is 16.0 Å². The topological polar surface area (TPSA) is 40.6 Å². The lowest BCUT2D eigenvalue weighted by molar-refractivity contribution is -0.156. The van der Waals surface area contributed by atoms with E-state index in [-0.39, 0.29) is 35.6 Å². The number of hydrogen-bond acceptors (Lipinski definition) is 2. The van der Waals surface area contributed by atoms with Crippen molar-refractivity contribution in [2.45, 2.75) is 70.9 Å². The van der Waals surface area contributed by atoms with E-state index in [2.05, 4.69) is 23.6 Å². The van der Waals surface area contributed by atoms with Crippen LogP contribution in [0.5, 0.6) is 0 Å². The minimum atomic E-state index is -0.230. The Kier molecular flexibility index (Phi) is 5.93. The van der Waals surface area contributed by atoms with Crippen LogP contribution in [0.25, 0.3) is 0 Å². The van der Waals surface area contributed by atoms with Crippen molar-refractivity contribution in [3.63, 3.8) is 0 Å². The van der Waals surface area contributed by atoms with Crippen molar-refractivity contribution in [2.75, 3.05) is 13.1 Å². The third-order valence-corrected chi connectivity index (χ3v) is 7.12. The first-order valence-corrected chi connectivity index (χ1v) is 11.3. The Labute approximate surface area is 173 Å². The molecule has 3 heterocycles. The van der Waals surface area contributed by atoms with Gasteiger partial charge in [0, 0.05) is 38.0 Å². The van der Waals surface area contributed by atoms with Crippen LogP contribution in [0.4, 0.5) is 4.39 Å². The van der Waals surface area contributed by atoms with Gasteiger partial charge in [0.1, 0.15) is 5.82 Å². The molecule has 0 unspecified atom stereocenters. The van der Waals surface area contributed by atoms with Crippen molar-refractivity contribution in [1.82, 2.24) is 9.80 Å². The fourth-order valence-electron chi connectivity index (χ4n) is 5.72. The molecule has 0 saturated carbocycles. The van der Waals surface area contributed by atoms with E-state index < -0.39 is 0 Å². The lowest BCUT2D eigenvalue weighted by atomic mass is 9.70. The van der Waals surface area contributed by atoms with Gasteiger partial charge in [0.2, 0.25) is 11.8 Å². The molecule has 0 radical (unpaired) electrons. The van der Waals surface area contributed by atoms with E-state index in [4.69, 9.17) is 0 Å². The number of hydrogen-bond donors (Lipinski definition) is 0. The Hall–Kier alpha value is -1.91. The number of likely N-dealkylation sites (tertiary alicyclic amines) is 1. The van der Waals surface area contributed by atoms with Gasteiger partial charge in [-0.3, -0.25) is 9.59 Å². The van der Waals surface area contributed by atoms with Gasteiger partial charge in [0.25, 0.3) is 0 Å². The standard InChI is InChI=1S/C24H33FN2O2/c1-16(2)9-10-23(28)26-14-18-13-19(15-26)22(12-17-5-3-6-20(25)11-17)27-21(18)7-4-8-24(27)29/h3,5-6,11,16,18-19,21-22H,4,7-10,12-15H2,1-2H3/t18-,19+,21+,22+/m1/s1. The lowest BCUT2D eigenvalue weighted by Gasteiger charge is -2.56. The zero-order valence-electron chi connectivity index (χ0n) is 17.6. The summed E-state index contributed by atoms with van der Waals surface area (Å²) in [5.74, 6) is 1.45. The van der Waals surface area contributed by atoms with Crippen molar-refractivity contribution in [1.29, 1.82) is 0 Å². The number of amides is 2. The first-order chi connectivity index (χ1) is 13.9. The van der Waals surface area contributed by atoms with E-state index in [1.807, 2.05) is 6.07 Å². The molecule has 3 fully saturated rings.